The zero-order valence-corrected chi connectivity index (χ0v) is 14.7. The third kappa shape index (κ3) is 2.97. The molecule has 0 fully saturated rings. The summed E-state index contributed by atoms with van der Waals surface area (Å²) in [6, 6.07) is 13.2. The highest BCUT2D eigenvalue weighted by atomic mass is 79.9. The van der Waals surface area contributed by atoms with Crippen LogP contribution in [-0.4, -0.2) is 5.91 Å². The van der Waals surface area contributed by atoms with Crippen LogP contribution in [0.25, 0.3) is 10.1 Å². The van der Waals surface area contributed by atoms with E-state index in [1.807, 2.05) is 42.5 Å². The van der Waals surface area contributed by atoms with Gasteiger partial charge in [0.15, 0.2) is 0 Å². The topological polar surface area (TPSA) is 55.1 Å². The summed E-state index contributed by atoms with van der Waals surface area (Å²) >= 11 is 8.18. The molecular weight excluding hydrogens is 416 g/mol. The van der Waals surface area contributed by atoms with Crippen LogP contribution in [0.15, 0.2) is 51.4 Å². The SMILES string of the molecule is Nc1c(C(=O)Nc2ccc(Br)cc2)sc2ccc(Br)cc12. The lowest BCUT2D eigenvalue weighted by Gasteiger charge is -2.04. The minimum Gasteiger partial charge on any atom is -0.397 e. The van der Waals surface area contributed by atoms with Crippen LogP contribution in [0.4, 0.5) is 11.4 Å². The van der Waals surface area contributed by atoms with Gasteiger partial charge in [-0.05, 0) is 42.5 Å². The molecule has 3 rings (SSSR count). The fourth-order valence-corrected chi connectivity index (χ4v) is 3.60. The molecule has 3 nitrogen and oxygen atoms in total. The summed E-state index contributed by atoms with van der Waals surface area (Å²) in [5, 5.41) is 3.76. The number of halogens is 2. The molecule has 0 radical (unpaired) electrons. The van der Waals surface area contributed by atoms with Gasteiger partial charge in [0.25, 0.3) is 5.91 Å². The summed E-state index contributed by atoms with van der Waals surface area (Å²) in [6.07, 6.45) is 0. The maximum absolute atomic E-state index is 12.4. The molecule has 1 amide bonds. The van der Waals surface area contributed by atoms with Crippen molar-refractivity contribution in [3.05, 3.63) is 56.3 Å². The number of hydrogen-bond acceptors (Lipinski definition) is 3. The Morgan fingerprint density at radius 2 is 1.71 bits per heavy atom. The fraction of sp³-hybridized carbons (Fsp3) is 0. The van der Waals surface area contributed by atoms with Crippen molar-refractivity contribution >= 4 is 70.6 Å². The Bertz CT molecular complexity index is 828. The van der Waals surface area contributed by atoms with E-state index in [0.29, 0.717) is 10.6 Å². The van der Waals surface area contributed by atoms with Crippen LogP contribution in [-0.2, 0) is 0 Å². The van der Waals surface area contributed by atoms with Crippen molar-refractivity contribution in [3.63, 3.8) is 0 Å². The monoisotopic (exact) mass is 424 g/mol. The number of benzene rings is 2. The fourth-order valence-electron chi connectivity index (χ4n) is 1.98. The largest absolute Gasteiger partial charge is 0.397 e. The van der Waals surface area contributed by atoms with Gasteiger partial charge in [-0.3, -0.25) is 4.79 Å². The van der Waals surface area contributed by atoms with Gasteiger partial charge in [0.2, 0.25) is 0 Å². The highest BCUT2D eigenvalue weighted by Gasteiger charge is 2.16. The Balaban J connectivity index is 1.94. The lowest BCUT2D eigenvalue weighted by atomic mass is 10.2. The van der Waals surface area contributed by atoms with Crippen molar-refractivity contribution in [2.24, 2.45) is 0 Å². The Kier molecular flexibility index (Phi) is 4.01. The van der Waals surface area contributed by atoms with Crippen molar-refractivity contribution in [2.45, 2.75) is 0 Å². The number of nitrogens with one attached hydrogen (secondary N) is 1. The molecule has 3 N–H and O–H groups in total. The predicted molar refractivity (Wildman–Crippen MR) is 96.0 cm³/mol. The second-order valence-corrected chi connectivity index (χ2v) is 7.33. The minimum absolute atomic E-state index is 0.188. The standard InChI is InChI=1S/C15H10Br2N2OS/c16-8-1-4-10(5-2-8)19-15(20)14-13(18)11-7-9(17)3-6-12(11)21-14/h1-7H,18H2,(H,19,20). The summed E-state index contributed by atoms with van der Waals surface area (Å²) in [6.45, 7) is 0. The van der Waals surface area contributed by atoms with Crippen molar-refractivity contribution in [3.8, 4) is 0 Å². The van der Waals surface area contributed by atoms with Crippen LogP contribution in [0.1, 0.15) is 9.67 Å². The Labute approximate surface area is 142 Å². The summed E-state index contributed by atoms with van der Waals surface area (Å²) in [5.41, 5.74) is 7.36. The number of fused-ring (bicyclic) bond motifs is 1. The number of nitrogen functional groups attached to an aromatic ring is 1. The van der Waals surface area contributed by atoms with E-state index >= 15 is 0 Å². The number of nitrogens with two attached hydrogens (primary N) is 1. The Morgan fingerprint density at radius 1 is 1.05 bits per heavy atom. The molecule has 1 heterocycles. The van der Waals surface area contributed by atoms with E-state index in [1.165, 1.54) is 11.3 Å². The molecule has 0 aliphatic heterocycles. The van der Waals surface area contributed by atoms with Crippen LogP contribution in [0, 0.1) is 0 Å². The van der Waals surface area contributed by atoms with Crippen molar-refractivity contribution in [2.75, 3.05) is 11.1 Å². The molecule has 0 bridgehead atoms. The number of rotatable bonds is 2. The number of carbonyl (C=O) groups is 1. The molecule has 21 heavy (non-hydrogen) atoms. The van der Waals surface area contributed by atoms with Gasteiger partial charge >= 0.3 is 0 Å². The third-order valence-corrected chi connectivity index (χ3v) is 5.20. The van der Waals surface area contributed by atoms with E-state index in [9.17, 15) is 4.79 Å². The molecule has 0 aliphatic rings. The van der Waals surface area contributed by atoms with Gasteiger partial charge in [-0.25, -0.2) is 0 Å². The molecule has 0 atom stereocenters. The first-order valence-corrected chi connectivity index (χ1v) is 8.49. The van der Waals surface area contributed by atoms with E-state index in [2.05, 4.69) is 37.2 Å². The predicted octanol–water partition coefficient (Wildman–Crippen LogP) is 5.26. The molecule has 3 aromatic rings. The zero-order chi connectivity index (χ0) is 15.0. The Morgan fingerprint density at radius 3 is 2.43 bits per heavy atom. The first-order valence-electron chi connectivity index (χ1n) is 6.09. The normalized spacial score (nSPS) is 10.8. The van der Waals surface area contributed by atoms with Crippen molar-refractivity contribution in [1.29, 1.82) is 0 Å². The molecule has 6 heteroatoms. The van der Waals surface area contributed by atoms with Crippen LogP contribution >= 0.6 is 43.2 Å². The molecule has 1 aromatic heterocycles. The van der Waals surface area contributed by atoms with E-state index in [-0.39, 0.29) is 5.91 Å². The Hall–Kier alpha value is -1.37. The summed E-state index contributed by atoms with van der Waals surface area (Å²) < 4.78 is 2.91. The average molecular weight is 426 g/mol. The maximum atomic E-state index is 12.4. The number of anilines is 2. The van der Waals surface area contributed by atoms with Crippen LogP contribution in [0.5, 0.6) is 0 Å². The first kappa shape index (κ1) is 14.6. The molecular formula is C15H10Br2N2OS. The minimum atomic E-state index is -0.188. The zero-order valence-electron chi connectivity index (χ0n) is 10.7. The quantitative estimate of drug-likeness (QED) is 0.588. The third-order valence-electron chi connectivity index (χ3n) is 3.00. The van der Waals surface area contributed by atoms with Gasteiger partial charge in [-0.1, -0.05) is 31.9 Å². The number of amides is 1. The van der Waals surface area contributed by atoms with Crippen LogP contribution in [0.2, 0.25) is 0 Å². The molecule has 106 valence electrons. The van der Waals surface area contributed by atoms with Gasteiger partial charge < -0.3 is 11.1 Å². The summed E-state index contributed by atoms with van der Waals surface area (Å²) in [4.78, 5) is 12.9. The smallest absolute Gasteiger partial charge is 0.267 e. The number of thiophene rings is 1. The van der Waals surface area contributed by atoms with E-state index in [1.54, 1.807) is 0 Å². The highest BCUT2D eigenvalue weighted by molar-refractivity contribution is 9.10. The molecule has 0 spiro atoms. The lowest BCUT2D eigenvalue weighted by Crippen LogP contribution is -2.11. The van der Waals surface area contributed by atoms with Crippen LogP contribution in [0.3, 0.4) is 0 Å². The van der Waals surface area contributed by atoms with Gasteiger partial charge in [0, 0.05) is 24.7 Å². The van der Waals surface area contributed by atoms with Gasteiger partial charge in [-0.2, -0.15) is 0 Å². The molecule has 0 unspecified atom stereocenters. The summed E-state index contributed by atoms with van der Waals surface area (Å²) in [7, 11) is 0. The molecule has 0 saturated carbocycles. The molecule has 0 saturated heterocycles. The first-order chi connectivity index (χ1) is 10.0. The second-order valence-electron chi connectivity index (χ2n) is 4.45. The number of hydrogen-bond donors (Lipinski definition) is 2. The molecule has 2 aromatic carbocycles. The number of carbonyl (C=O) groups excluding carboxylic acids is 1. The van der Waals surface area contributed by atoms with Gasteiger partial charge in [-0.15, -0.1) is 11.3 Å². The van der Waals surface area contributed by atoms with E-state index in [0.717, 1.165) is 24.7 Å². The van der Waals surface area contributed by atoms with E-state index < -0.39 is 0 Å². The van der Waals surface area contributed by atoms with Gasteiger partial charge in [0.05, 0.1) is 5.69 Å². The van der Waals surface area contributed by atoms with E-state index in [4.69, 9.17) is 5.73 Å². The summed E-state index contributed by atoms with van der Waals surface area (Å²) in [5.74, 6) is -0.188. The van der Waals surface area contributed by atoms with Crippen molar-refractivity contribution in [1.82, 2.24) is 0 Å². The molecule has 0 aliphatic carbocycles. The van der Waals surface area contributed by atoms with Crippen LogP contribution < -0.4 is 11.1 Å². The average Bonchev–Trinajstić information content (AvgIpc) is 2.79. The second kappa shape index (κ2) is 5.79. The highest BCUT2D eigenvalue weighted by Crippen LogP contribution is 2.35. The van der Waals surface area contributed by atoms with Gasteiger partial charge in [0.1, 0.15) is 4.88 Å². The maximum Gasteiger partial charge on any atom is 0.267 e. The lowest BCUT2D eigenvalue weighted by molar-refractivity contribution is 0.103. The van der Waals surface area contributed by atoms with Crippen molar-refractivity contribution < 1.29 is 4.79 Å².